The van der Waals surface area contributed by atoms with Crippen molar-refractivity contribution in [1.29, 1.82) is 0 Å². The second-order valence-corrected chi connectivity index (χ2v) is 5.30. The molecule has 0 spiro atoms. The number of hydrogen-bond donors (Lipinski definition) is 1. The fourth-order valence-electron chi connectivity index (χ4n) is 2.03. The molecule has 0 bridgehead atoms. The van der Waals surface area contributed by atoms with E-state index in [1.54, 1.807) is 0 Å². The molecule has 0 radical (unpaired) electrons. The van der Waals surface area contributed by atoms with Gasteiger partial charge in [-0.1, -0.05) is 22.4 Å². The predicted molar refractivity (Wildman–Crippen MR) is 69.2 cm³/mol. The number of halogens is 1. The molecule has 1 saturated carbocycles. The molecule has 0 heterocycles. The summed E-state index contributed by atoms with van der Waals surface area (Å²) >= 11 is 3.42. The molecule has 1 fully saturated rings. The van der Waals surface area contributed by atoms with Gasteiger partial charge < -0.3 is 10.6 Å². The molecule has 2 rings (SSSR count). The molecule has 2 N–H and O–H groups in total. The lowest BCUT2D eigenvalue weighted by Crippen LogP contribution is -2.29. The van der Waals surface area contributed by atoms with Crippen LogP contribution in [0.4, 0.5) is 11.4 Å². The Kier molecular flexibility index (Phi) is 3.19. The topological polar surface area (TPSA) is 29.3 Å². The zero-order chi connectivity index (χ0) is 10.8. The Hall–Kier alpha value is -0.700. The minimum atomic E-state index is 0.853. The lowest BCUT2D eigenvalue weighted by Gasteiger charge is -2.31. The van der Waals surface area contributed by atoms with Crippen LogP contribution in [0.1, 0.15) is 19.3 Å². The van der Waals surface area contributed by atoms with Gasteiger partial charge in [-0.2, -0.15) is 0 Å². The smallest absolute Gasteiger partial charge is 0.0598 e. The van der Waals surface area contributed by atoms with Crippen molar-refractivity contribution < 1.29 is 0 Å². The van der Waals surface area contributed by atoms with Gasteiger partial charge in [0, 0.05) is 18.1 Å². The predicted octanol–water partition coefficient (Wildman–Crippen LogP) is 3.27. The van der Waals surface area contributed by atoms with Crippen LogP contribution in [0.5, 0.6) is 0 Å². The molecule has 82 valence electrons. The summed E-state index contributed by atoms with van der Waals surface area (Å²) in [5, 5.41) is 0. The first-order valence-corrected chi connectivity index (χ1v) is 6.22. The van der Waals surface area contributed by atoms with Gasteiger partial charge in [-0.25, -0.2) is 0 Å². The quantitative estimate of drug-likeness (QED) is 0.853. The van der Waals surface area contributed by atoms with Crippen molar-refractivity contribution in [2.45, 2.75) is 19.3 Å². The lowest BCUT2D eigenvalue weighted by atomic mass is 9.85. The molecule has 1 aromatic carbocycles. The Balaban J connectivity index is 2.06. The molecule has 2 nitrogen and oxygen atoms in total. The van der Waals surface area contributed by atoms with Crippen molar-refractivity contribution in [2.24, 2.45) is 5.92 Å². The molecule has 0 atom stereocenters. The van der Waals surface area contributed by atoms with Crippen LogP contribution in [-0.2, 0) is 0 Å². The Morgan fingerprint density at radius 2 is 2.20 bits per heavy atom. The lowest BCUT2D eigenvalue weighted by molar-refractivity contribution is 0.321. The molecule has 0 amide bonds. The first-order chi connectivity index (χ1) is 7.16. The molecule has 0 aliphatic heterocycles. The highest BCUT2D eigenvalue weighted by molar-refractivity contribution is 9.10. The van der Waals surface area contributed by atoms with E-state index in [0.29, 0.717) is 0 Å². The second kappa shape index (κ2) is 4.44. The molecule has 0 unspecified atom stereocenters. The number of nitrogens with two attached hydrogens (primary N) is 1. The SMILES string of the molecule is CN(CC1CCC1)c1ccc(Br)cc1N. The zero-order valence-corrected chi connectivity index (χ0v) is 10.6. The van der Waals surface area contributed by atoms with Crippen LogP contribution in [0.3, 0.4) is 0 Å². The van der Waals surface area contributed by atoms with Gasteiger partial charge in [-0.05, 0) is 37.0 Å². The standard InChI is InChI=1S/C12H17BrN2/c1-15(8-9-3-2-4-9)12-6-5-10(13)7-11(12)14/h5-7,9H,2-4,8,14H2,1H3. The first kappa shape index (κ1) is 10.8. The minimum Gasteiger partial charge on any atom is -0.397 e. The van der Waals surface area contributed by atoms with Gasteiger partial charge in [-0.3, -0.25) is 0 Å². The van der Waals surface area contributed by atoms with Gasteiger partial charge in [0.2, 0.25) is 0 Å². The van der Waals surface area contributed by atoms with E-state index < -0.39 is 0 Å². The van der Waals surface area contributed by atoms with Gasteiger partial charge in [0.25, 0.3) is 0 Å². The number of nitrogen functional groups attached to an aromatic ring is 1. The maximum atomic E-state index is 5.99. The van der Waals surface area contributed by atoms with Crippen LogP contribution in [0.15, 0.2) is 22.7 Å². The zero-order valence-electron chi connectivity index (χ0n) is 9.04. The summed E-state index contributed by atoms with van der Waals surface area (Å²) in [7, 11) is 2.12. The molecule has 0 saturated heterocycles. The number of rotatable bonds is 3. The van der Waals surface area contributed by atoms with Gasteiger partial charge in [0.1, 0.15) is 0 Å². The van der Waals surface area contributed by atoms with Crippen molar-refractivity contribution in [3.05, 3.63) is 22.7 Å². The highest BCUT2D eigenvalue weighted by atomic mass is 79.9. The molecule has 3 heteroatoms. The maximum Gasteiger partial charge on any atom is 0.0598 e. The van der Waals surface area contributed by atoms with Crippen LogP contribution >= 0.6 is 15.9 Å². The largest absolute Gasteiger partial charge is 0.397 e. The van der Waals surface area contributed by atoms with E-state index >= 15 is 0 Å². The third-order valence-electron chi connectivity index (χ3n) is 3.16. The molecule has 0 aromatic heterocycles. The minimum absolute atomic E-state index is 0.853. The summed E-state index contributed by atoms with van der Waals surface area (Å²) < 4.78 is 1.04. The van der Waals surface area contributed by atoms with Gasteiger partial charge in [-0.15, -0.1) is 0 Å². The van der Waals surface area contributed by atoms with Gasteiger partial charge in [0.15, 0.2) is 0 Å². The Morgan fingerprint density at radius 3 is 2.73 bits per heavy atom. The van der Waals surface area contributed by atoms with E-state index in [4.69, 9.17) is 5.73 Å². The summed E-state index contributed by atoms with van der Waals surface area (Å²) in [6.45, 7) is 1.13. The first-order valence-electron chi connectivity index (χ1n) is 5.43. The van der Waals surface area contributed by atoms with Crippen molar-refractivity contribution in [3.8, 4) is 0 Å². The highest BCUT2D eigenvalue weighted by Crippen LogP contribution is 2.31. The number of anilines is 2. The van der Waals surface area contributed by atoms with E-state index in [1.165, 1.54) is 19.3 Å². The Bertz CT molecular complexity index is 347. The van der Waals surface area contributed by atoms with E-state index in [2.05, 4.69) is 33.9 Å². The molecule has 1 aromatic rings. The van der Waals surface area contributed by atoms with E-state index in [9.17, 15) is 0 Å². The molecular weight excluding hydrogens is 252 g/mol. The Morgan fingerprint density at radius 1 is 1.47 bits per heavy atom. The van der Waals surface area contributed by atoms with E-state index in [1.807, 2.05) is 12.1 Å². The molecule has 1 aliphatic carbocycles. The summed E-state index contributed by atoms with van der Waals surface area (Å²) in [6.07, 6.45) is 4.15. The molecule has 15 heavy (non-hydrogen) atoms. The third-order valence-corrected chi connectivity index (χ3v) is 3.65. The van der Waals surface area contributed by atoms with Crippen LogP contribution in [0, 0.1) is 5.92 Å². The third kappa shape index (κ3) is 2.46. The summed E-state index contributed by atoms with van der Waals surface area (Å²) in [5.41, 5.74) is 7.98. The second-order valence-electron chi connectivity index (χ2n) is 4.38. The van der Waals surface area contributed by atoms with Crippen molar-refractivity contribution in [2.75, 3.05) is 24.2 Å². The van der Waals surface area contributed by atoms with Crippen molar-refractivity contribution in [1.82, 2.24) is 0 Å². The fraction of sp³-hybridized carbons (Fsp3) is 0.500. The van der Waals surface area contributed by atoms with E-state index in [-0.39, 0.29) is 0 Å². The number of nitrogens with zero attached hydrogens (tertiary/aromatic N) is 1. The number of benzene rings is 1. The van der Waals surface area contributed by atoms with Crippen LogP contribution in [0.25, 0.3) is 0 Å². The van der Waals surface area contributed by atoms with Crippen LogP contribution < -0.4 is 10.6 Å². The molecule has 1 aliphatic rings. The highest BCUT2D eigenvalue weighted by Gasteiger charge is 2.19. The summed E-state index contributed by atoms with van der Waals surface area (Å²) in [6, 6.07) is 6.09. The van der Waals surface area contributed by atoms with Crippen LogP contribution in [0.2, 0.25) is 0 Å². The average molecular weight is 269 g/mol. The summed E-state index contributed by atoms with van der Waals surface area (Å²) in [4.78, 5) is 2.27. The summed E-state index contributed by atoms with van der Waals surface area (Å²) in [5.74, 6) is 0.873. The fourth-order valence-corrected chi connectivity index (χ4v) is 2.41. The van der Waals surface area contributed by atoms with Gasteiger partial charge in [0.05, 0.1) is 11.4 Å². The van der Waals surface area contributed by atoms with Gasteiger partial charge >= 0.3 is 0 Å². The van der Waals surface area contributed by atoms with Crippen LogP contribution in [-0.4, -0.2) is 13.6 Å². The normalized spacial score (nSPS) is 16.1. The van der Waals surface area contributed by atoms with Crippen molar-refractivity contribution in [3.63, 3.8) is 0 Å². The Labute approximate surface area is 99.6 Å². The molecular formula is C12H17BrN2. The van der Waals surface area contributed by atoms with E-state index in [0.717, 1.165) is 28.3 Å². The monoisotopic (exact) mass is 268 g/mol. The number of hydrogen-bond acceptors (Lipinski definition) is 2. The van der Waals surface area contributed by atoms with Crippen molar-refractivity contribution >= 4 is 27.3 Å². The maximum absolute atomic E-state index is 5.99. The average Bonchev–Trinajstić information content (AvgIpc) is 2.11.